The lowest BCUT2D eigenvalue weighted by molar-refractivity contribution is 0.0980. The van der Waals surface area contributed by atoms with Gasteiger partial charge < -0.3 is 9.67 Å². The topological polar surface area (TPSA) is 28.4 Å². The molecule has 0 saturated carbocycles. The fourth-order valence-corrected chi connectivity index (χ4v) is 4.30. The van der Waals surface area contributed by atoms with E-state index in [1.807, 2.05) is 0 Å². The van der Waals surface area contributed by atoms with Crippen LogP contribution in [0.1, 0.15) is 42.8 Å². The number of aliphatic hydroxyl groups excluding tert-OH is 1. The molecule has 3 heterocycles. The van der Waals surface area contributed by atoms with Crippen LogP contribution >= 0.6 is 15.9 Å². The first kappa shape index (κ1) is 12.9. The summed E-state index contributed by atoms with van der Waals surface area (Å²) in [5, 5.41) is 11.9. The summed E-state index contributed by atoms with van der Waals surface area (Å²) in [6.07, 6.45) is 3.80. The van der Waals surface area contributed by atoms with Crippen molar-refractivity contribution < 1.29 is 5.11 Å². The molecule has 0 radical (unpaired) electrons. The molecule has 0 saturated heterocycles. The molecular formula is C16H19BrN2O. The van der Waals surface area contributed by atoms with Crippen LogP contribution in [0.25, 0.3) is 10.9 Å². The van der Waals surface area contributed by atoms with Crippen molar-refractivity contribution in [2.45, 2.75) is 38.0 Å². The molecule has 0 fully saturated rings. The number of hydrogen-bond acceptors (Lipinski definition) is 2. The lowest BCUT2D eigenvalue weighted by atomic mass is 9.95. The molecule has 1 aromatic heterocycles. The molecule has 3 nitrogen and oxygen atoms in total. The molecule has 0 spiro atoms. The molecule has 2 aliphatic rings. The Morgan fingerprint density at radius 1 is 1.30 bits per heavy atom. The summed E-state index contributed by atoms with van der Waals surface area (Å²) < 4.78 is 3.28. The van der Waals surface area contributed by atoms with Crippen molar-refractivity contribution in [3.63, 3.8) is 0 Å². The first-order valence-electron chi connectivity index (χ1n) is 7.37. The van der Waals surface area contributed by atoms with Gasteiger partial charge in [-0.25, -0.2) is 0 Å². The van der Waals surface area contributed by atoms with Crippen LogP contribution in [0.3, 0.4) is 0 Å². The summed E-state index contributed by atoms with van der Waals surface area (Å²) >= 11 is 3.57. The number of likely N-dealkylation sites (N-methyl/N-ethyl adjacent to an activating group) is 1. The van der Waals surface area contributed by atoms with Gasteiger partial charge in [-0.05, 0) is 50.4 Å². The van der Waals surface area contributed by atoms with Crippen molar-refractivity contribution >= 4 is 26.8 Å². The standard InChI is InChI=1S/C16H19BrN2O/c1-18-8-7-12-11-6-5-10(17)9-14(11)19-15(20)4-2-3-13(18)16(12)19/h5-6,9,13,15,20H,2-4,7-8H2,1H3. The average molecular weight is 335 g/mol. The highest BCUT2D eigenvalue weighted by Gasteiger charge is 2.34. The Labute approximate surface area is 127 Å². The van der Waals surface area contributed by atoms with E-state index in [4.69, 9.17) is 0 Å². The number of hydrogen-bond donors (Lipinski definition) is 1. The molecule has 106 valence electrons. The number of fused-ring (bicyclic) bond motifs is 3. The van der Waals surface area contributed by atoms with E-state index in [0.717, 1.165) is 36.7 Å². The summed E-state index contributed by atoms with van der Waals surface area (Å²) in [4.78, 5) is 2.45. The third kappa shape index (κ3) is 1.71. The van der Waals surface area contributed by atoms with E-state index >= 15 is 0 Å². The maximum atomic E-state index is 10.6. The molecule has 0 aliphatic carbocycles. The summed E-state index contributed by atoms with van der Waals surface area (Å²) in [6.45, 7) is 1.11. The Morgan fingerprint density at radius 3 is 3.00 bits per heavy atom. The van der Waals surface area contributed by atoms with Gasteiger partial charge in [0.1, 0.15) is 6.23 Å². The molecule has 20 heavy (non-hydrogen) atoms. The largest absolute Gasteiger partial charge is 0.373 e. The normalized spacial score (nSPS) is 26.6. The fourth-order valence-electron chi connectivity index (χ4n) is 3.95. The third-order valence-corrected chi connectivity index (χ3v) is 5.41. The highest BCUT2D eigenvalue weighted by molar-refractivity contribution is 9.10. The van der Waals surface area contributed by atoms with Crippen molar-refractivity contribution in [2.75, 3.05) is 13.6 Å². The number of halogens is 1. The average Bonchev–Trinajstić information content (AvgIpc) is 2.63. The highest BCUT2D eigenvalue weighted by atomic mass is 79.9. The SMILES string of the molecule is CN1CCc2c3n(c4cc(Br)ccc24)C(O)CCCC31. The number of benzene rings is 1. The third-order valence-electron chi connectivity index (χ3n) is 4.91. The van der Waals surface area contributed by atoms with E-state index in [0.29, 0.717) is 6.04 Å². The minimum absolute atomic E-state index is 0.382. The Balaban J connectivity index is 2.08. The summed E-state index contributed by atoms with van der Waals surface area (Å²) in [7, 11) is 2.21. The van der Waals surface area contributed by atoms with Crippen LogP contribution < -0.4 is 0 Å². The first-order chi connectivity index (χ1) is 9.66. The lowest BCUT2D eigenvalue weighted by Crippen LogP contribution is -2.32. The summed E-state index contributed by atoms with van der Waals surface area (Å²) in [5.74, 6) is 0. The van der Waals surface area contributed by atoms with E-state index in [-0.39, 0.29) is 6.23 Å². The van der Waals surface area contributed by atoms with Gasteiger partial charge in [-0.15, -0.1) is 0 Å². The van der Waals surface area contributed by atoms with Crippen molar-refractivity contribution in [1.29, 1.82) is 0 Å². The fraction of sp³-hybridized carbons (Fsp3) is 0.500. The van der Waals surface area contributed by atoms with Crippen LogP contribution in [0.5, 0.6) is 0 Å². The van der Waals surface area contributed by atoms with Gasteiger partial charge in [0.05, 0.1) is 11.6 Å². The zero-order chi connectivity index (χ0) is 13.9. The minimum Gasteiger partial charge on any atom is -0.373 e. The Morgan fingerprint density at radius 2 is 2.15 bits per heavy atom. The predicted octanol–water partition coefficient (Wildman–Crippen LogP) is 3.61. The van der Waals surface area contributed by atoms with Gasteiger partial charge in [0.15, 0.2) is 0 Å². The maximum Gasteiger partial charge on any atom is 0.131 e. The van der Waals surface area contributed by atoms with E-state index in [9.17, 15) is 5.11 Å². The highest BCUT2D eigenvalue weighted by Crippen LogP contribution is 2.43. The second-order valence-corrected chi connectivity index (χ2v) is 6.97. The number of rotatable bonds is 0. The minimum atomic E-state index is -0.382. The van der Waals surface area contributed by atoms with Crippen LogP contribution in [-0.4, -0.2) is 28.2 Å². The van der Waals surface area contributed by atoms with Crippen LogP contribution in [0.15, 0.2) is 22.7 Å². The van der Waals surface area contributed by atoms with Gasteiger partial charge in [-0.1, -0.05) is 22.0 Å². The van der Waals surface area contributed by atoms with Gasteiger partial charge in [0, 0.05) is 22.1 Å². The molecule has 0 amide bonds. The molecule has 4 heteroatoms. The van der Waals surface area contributed by atoms with Gasteiger partial charge >= 0.3 is 0 Å². The Hall–Kier alpha value is -0.840. The molecule has 2 unspecified atom stereocenters. The summed E-state index contributed by atoms with van der Waals surface area (Å²) in [5.41, 5.74) is 3.99. The Bertz CT molecular complexity index is 679. The molecular weight excluding hydrogens is 316 g/mol. The van der Waals surface area contributed by atoms with Gasteiger partial charge in [-0.2, -0.15) is 0 Å². The number of aromatic nitrogens is 1. The molecule has 2 aromatic rings. The van der Waals surface area contributed by atoms with Gasteiger partial charge in [-0.3, -0.25) is 4.90 Å². The van der Waals surface area contributed by atoms with Crippen LogP contribution in [0.4, 0.5) is 0 Å². The molecule has 4 rings (SSSR count). The second-order valence-electron chi connectivity index (χ2n) is 6.05. The molecule has 2 aliphatic heterocycles. The zero-order valence-corrected chi connectivity index (χ0v) is 13.2. The smallest absolute Gasteiger partial charge is 0.131 e. The van der Waals surface area contributed by atoms with E-state index in [2.05, 4.69) is 50.6 Å². The maximum absolute atomic E-state index is 10.6. The van der Waals surface area contributed by atoms with Gasteiger partial charge in [0.25, 0.3) is 0 Å². The van der Waals surface area contributed by atoms with Crippen molar-refractivity contribution in [3.05, 3.63) is 33.9 Å². The lowest BCUT2D eigenvalue weighted by Gasteiger charge is -2.33. The van der Waals surface area contributed by atoms with Crippen LogP contribution in [0, 0.1) is 0 Å². The quantitative estimate of drug-likeness (QED) is 0.797. The predicted molar refractivity (Wildman–Crippen MR) is 83.8 cm³/mol. The van der Waals surface area contributed by atoms with Crippen molar-refractivity contribution in [2.24, 2.45) is 0 Å². The van der Waals surface area contributed by atoms with E-state index in [1.54, 1.807) is 0 Å². The van der Waals surface area contributed by atoms with E-state index < -0.39 is 0 Å². The number of nitrogens with zero attached hydrogens (tertiary/aromatic N) is 2. The van der Waals surface area contributed by atoms with Gasteiger partial charge in [0.2, 0.25) is 0 Å². The zero-order valence-electron chi connectivity index (χ0n) is 11.6. The van der Waals surface area contributed by atoms with Crippen LogP contribution in [-0.2, 0) is 6.42 Å². The summed E-state index contributed by atoms with van der Waals surface area (Å²) in [6, 6.07) is 6.92. The first-order valence-corrected chi connectivity index (χ1v) is 8.16. The molecule has 0 bridgehead atoms. The molecule has 1 N–H and O–H groups in total. The molecule has 1 aromatic carbocycles. The van der Waals surface area contributed by atoms with Crippen LogP contribution in [0.2, 0.25) is 0 Å². The van der Waals surface area contributed by atoms with Crippen molar-refractivity contribution in [3.8, 4) is 0 Å². The van der Waals surface area contributed by atoms with E-state index in [1.165, 1.54) is 22.2 Å². The van der Waals surface area contributed by atoms with Crippen molar-refractivity contribution in [1.82, 2.24) is 9.47 Å². The second kappa shape index (κ2) is 4.58. The monoisotopic (exact) mass is 334 g/mol. The Kier molecular flexibility index (Phi) is 2.95. The molecule has 2 atom stereocenters. The number of aliphatic hydroxyl groups is 1.